The molecule has 17 heavy (non-hydrogen) atoms. The summed E-state index contributed by atoms with van der Waals surface area (Å²) >= 11 is 0. The van der Waals surface area contributed by atoms with Crippen LogP contribution in [0, 0.1) is 6.92 Å². The first kappa shape index (κ1) is 14.0. The number of benzene rings is 1. The van der Waals surface area contributed by atoms with Gasteiger partial charge < -0.3 is 10.5 Å². The number of nitrogens with zero attached hydrogens (tertiary/aromatic N) is 1. The van der Waals surface area contributed by atoms with E-state index in [1.807, 2.05) is 6.07 Å². The molecule has 0 aromatic heterocycles. The summed E-state index contributed by atoms with van der Waals surface area (Å²) in [6.07, 6.45) is 1.02. The Bertz CT molecular complexity index is 352. The first-order valence-electron chi connectivity index (χ1n) is 6.12. The van der Waals surface area contributed by atoms with Crippen molar-refractivity contribution in [3.05, 3.63) is 29.3 Å². The molecule has 0 spiro atoms. The topological polar surface area (TPSA) is 38.5 Å². The molecule has 1 atom stereocenters. The van der Waals surface area contributed by atoms with Crippen molar-refractivity contribution in [2.24, 2.45) is 5.73 Å². The Morgan fingerprint density at radius 2 is 2.12 bits per heavy atom. The molecule has 0 aliphatic rings. The van der Waals surface area contributed by atoms with Crippen LogP contribution in [0.25, 0.3) is 0 Å². The van der Waals surface area contributed by atoms with Gasteiger partial charge in [0.05, 0.1) is 7.11 Å². The summed E-state index contributed by atoms with van der Waals surface area (Å²) in [6.45, 7) is 5.93. The predicted octanol–water partition coefficient (Wildman–Crippen LogP) is 2.17. The maximum Gasteiger partial charge on any atom is 0.123 e. The van der Waals surface area contributed by atoms with E-state index in [0.717, 1.165) is 25.3 Å². The highest BCUT2D eigenvalue weighted by molar-refractivity contribution is 5.36. The molecule has 0 heterocycles. The van der Waals surface area contributed by atoms with Gasteiger partial charge in [-0.2, -0.15) is 0 Å². The molecule has 0 amide bonds. The van der Waals surface area contributed by atoms with Gasteiger partial charge in [-0.05, 0) is 39.9 Å². The lowest BCUT2D eigenvalue weighted by Crippen LogP contribution is -2.30. The molecule has 2 N–H and O–H groups in total. The van der Waals surface area contributed by atoms with E-state index in [1.165, 1.54) is 11.1 Å². The lowest BCUT2D eigenvalue weighted by atomic mass is 10.1. The molecule has 96 valence electrons. The molecule has 3 nitrogen and oxygen atoms in total. The predicted molar refractivity (Wildman–Crippen MR) is 72.3 cm³/mol. The maximum atomic E-state index is 5.59. The van der Waals surface area contributed by atoms with Crippen molar-refractivity contribution in [2.45, 2.75) is 32.9 Å². The number of hydrogen-bond acceptors (Lipinski definition) is 3. The molecular formula is C14H24N2O. The van der Waals surface area contributed by atoms with Gasteiger partial charge in [-0.3, -0.25) is 4.90 Å². The Morgan fingerprint density at radius 1 is 1.41 bits per heavy atom. The number of nitrogens with two attached hydrogens (primary N) is 1. The number of rotatable bonds is 6. The van der Waals surface area contributed by atoms with Gasteiger partial charge in [-0.25, -0.2) is 0 Å². The van der Waals surface area contributed by atoms with Crippen LogP contribution in [0.3, 0.4) is 0 Å². The van der Waals surface area contributed by atoms with Gasteiger partial charge in [-0.15, -0.1) is 0 Å². The number of hydrogen-bond donors (Lipinski definition) is 1. The third-order valence-corrected chi connectivity index (χ3v) is 3.19. The maximum absolute atomic E-state index is 5.59. The summed E-state index contributed by atoms with van der Waals surface area (Å²) in [5.74, 6) is 0.961. The monoisotopic (exact) mass is 236 g/mol. The Kier molecular flexibility index (Phi) is 5.45. The summed E-state index contributed by atoms with van der Waals surface area (Å²) in [6, 6.07) is 6.78. The van der Waals surface area contributed by atoms with Crippen LogP contribution in [0.15, 0.2) is 18.2 Å². The van der Waals surface area contributed by atoms with Crippen molar-refractivity contribution in [1.29, 1.82) is 0 Å². The van der Waals surface area contributed by atoms with Crippen LogP contribution in [0.1, 0.15) is 24.5 Å². The second-order valence-electron chi connectivity index (χ2n) is 4.66. The molecule has 0 bridgehead atoms. The molecule has 0 fully saturated rings. The third-order valence-electron chi connectivity index (χ3n) is 3.19. The van der Waals surface area contributed by atoms with Gasteiger partial charge in [0.1, 0.15) is 5.75 Å². The third kappa shape index (κ3) is 4.02. The SMILES string of the molecule is COc1ccc(C)cc1CN(C)C(C)CCN. The second kappa shape index (κ2) is 6.62. The molecule has 1 aromatic carbocycles. The van der Waals surface area contributed by atoms with Crippen molar-refractivity contribution in [2.75, 3.05) is 20.7 Å². The largest absolute Gasteiger partial charge is 0.496 e. The number of aryl methyl sites for hydroxylation is 1. The zero-order chi connectivity index (χ0) is 12.8. The van der Waals surface area contributed by atoms with E-state index in [1.54, 1.807) is 7.11 Å². The van der Waals surface area contributed by atoms with Gasteiger partial charge in [0, 0.05) is 18.2 Å². The Balaban J connectivity index is 2.76. The highest BCUT2D eigenvalue weighted by atomic mass is 16.5. The van der Waals surface area contributed by atoms with Crippen LogP contribution in [-0.4, -0.2) is 31.6 Å². The molecule has 0 radical (unpaired) electrons. The zero-order valence-corrected chi connectivity index (χ0v) is 11.4. The zero-order valence-electron chi connectivity index (χ0n) is 11.4. The van der Waals surface area contributed by atoms with E-state index < -0.39 is 0 Å². The van der Waals surface area contributed by atoms with E-state index in [9.17, 15) is 0 Å². The van der Waals surface area contributed by atoms with Crippen LogP contribution < -0.4 is 10.5 Å². The average Bonchev–Trinajstić information content (AvgIpc) is 2.29. The minimum atomic E-state index is 0.491. The van der Waals surface area contributed by atoms with Crippen molar-refractivity contribution >= 4 is 0 Å². The van der Waals surface area contributed by atoms with Gasteiger partial charge in [-0.1, -0.05) is 17.7 Å². The van der Waals surface area contributed by atoms with Gasteiger partial charge in [0.2, 0.25) is 0 Å². The summed E-state index contributed by atoms with van der Waals surface area (Å²) in [4.78, 5) is 2.31. The summed E-state index contributed by atoms with van der Waals surface area (Å²) < 4.78 is 5.39. The van der Waals surface area contributed by atoms with Crippen molar-refractivity contribution in [3.8, 4) is 5.75 Å². The van der Waals surface area contributed by atoms with Crippen molar-refractivity contribution < 1.29 is 4.74 Å². The minimum absolute atomic E-state index is 0.491. The highest BCUT2D eigenvalue weighted by Gasteiger charge is 2.11. The van der Waals surface area contributed by atoms with Gasteiger partial charge in [0.15, 0.2) is 0 Å². The normalized spacial score (nSPS) is 12.8. The first-order valence-corrected chi connectivity index (χ1v) is 6.12. The first-order chi connectivity index (χ1) is 8.08. The number of methoxy groups -OCH3 is 1. The molecular weight excluding hydrogens is 212 g/mol. The minimum Gasteiger partial charge on any atom is -0.496 e. The fraction of sp³-hybridized carbons (Fsp3) is 0.571. The quantitative estimate of drug-likeness (QED) is 0.822. The van der Waals surface area contributed by atoms with Crippen LogP contribution in [-0.2, 0) is 6.54 Å². The van der Waals surface area contributed by atoms with Crippen LogP contribution >= 0.6 is 0 Å². The molecule has 1 unspecified atom stereocenters. The molecule has 1 rings (SSSR count). The average molecular weight is 236 g/mol. The molecule has 0 saturated heterocycles. The molecule has 0 aliphatic carbocycles. The molecule has 1 aromatic rings. The molecule has 0 saturated carbocycles. The van der Waals surface area contributed by atoms with Crippen LogP contribution in [0.2, 0.25) is 0 Å². The lowest BCUT2D eigenvalue weighted by molar-refractivity contribution is 0.237. The van der Waals surface area contributed by atoms with Crippen molar-refractivity contribution in [1.82, 2.24) is 4.90 Å². The van der Waals surface area contributed by atoms with Crippen molar-refractivity contribution in [3.63, 3.8) is 0 Å². The Morgan fingerprint density at radius 3 is 2.71 bits per heavy atom. The molecule has 0 aliphatic heterocycles. The standard InChI is InChI=1S/C14H24N2O/c1-11-5-6-14(17-4)13(9-11)10-16(3)12(2)7-8-15/h5-6,9,12H,7-8,10,15H2,1-4H3. The highest BCUT2D eigenvalue weighted by Crippen LogP contribution is 2.21. The summed E-state index contributed by atoms with van der Waals surface area (Å²) in [5, 5.41) is 0. The van der Waals surface area contributed by atoms with Crippen LogP contribution in [0.5, 0.6) is 5.75 Å². The Labute approximate surface area is 105 Å². The number of ether oxygens (including phenoxy) is 1. The lowest BCUT2D eigenvalue weighted by Gasteiger charge is -2.25. The van der Waals surface area contributed by atoms with Crippen LogP contribution in [0.4, 0.5) is 0 Å². The van der Waals surface area contributed by atoms with E-state index >= 15 is 0 Å². The fourth-order valence-corrected chi connectivity index (χ4v) is 1.92. The summed E-state index contributed by atoms with van der Waals surface area (Å²) in [5.41, 5.74) is 8.09. The van der Waals surface area contributed by atoms with E-state index in [0.29, 0.717) is 6.04 Å². The summed E-state index contributed by atoms with van der Waals surface area (Å²) in [7, 11) is 3.85. The van der Waals surface area contributed by atoms with E-state index in [2.05, 4.69) is 37.9 Å². The van der Waals surface area contributed by atoms with E-state index in [4.69, 9.17) is 10.5 Å². The fourth-order valence-electron chi connectivity index (χ4n) is 1.92. The smallest absolute Gasteiger partial charge is 0.123 e. The second-order valence-corrected chi connectivity index (χ2v) is 4.66. The molecule has 3 heteroatoms. The Hall–Kier alpha value is -1.06. The van der Waals surface area contributed by atoms with Gasteiger partial charge >= 0.3 is 0 Å². The van der Waals surface area contributed by atoms with Gasteiger partial charge in [0.25, 0.3) is 0 Å². The van der Waals surface area contributed by atoms with E-state index in [-0.39, 0.29) is 0 Å².